The van der Waals surface area contributed by atoms with Gasteiger partial charge in [-0.1, -0.05) is 0 Å². The number of piperazine rings is 1. The van der Waals surface area contributed by atoms with Gasteiger partial charge >= 0.3 is 23.9 Å². The number of rotatable bonds is 28. The fraction of sp³-hybridized carbons (Fsp3) is 0.794. The van der Waals surface area contributed by atoms with Crippen LogP contribution in [0.25, 0.3) is 0 Å². The zero-order valence-electron chi connectivity index (χ0n) is 32.6. The predicted molar refractivity (Wildman–Crippen MR) is 203 cm³/mol. The molecule has 1 aliphatic carbocycles. The van der Waals surface area contributed by atoms with Gasteiger partial charge in [0.15, 0.2) is 0 Å². The van der Waals surface area contributed by atoms with Crippen LogP contribution in [0.15, 0.2) is 0 Å². The lowest BCUT2D eigenvalue weighted by molar-refractivity contribution is -0.143. The van der Waals surface area contributed by atoms with Gasteiger partial charge in [-0.3, -0.25) is 64.7 Å². The Morgan fingerprint density at radius 1 is 0.655 bits per heavy atom. The number of carbonyl (C=O) groups is 6. The van der Waals surface area contributed by atoms with Crippen molar-refractivity contribution in [3.05, 3.63) is 0 Å². The van der Waals surface area contributed by atoms with Gasteiger partial charge in [-0.25, -0.2) is 0 Å². The highest BCUT2D eigenvalue weighted by molar-refractivity contribution is 5.90. The fourth-order valence-electron chi connectivity index (χ4n) is 7.14. The van der Waals surface area contributed by atoms with Crippen LogP contribution in [-0.4, -0.2) is 217 Å². The largest absolute Gasteiger partial charge is 0.480 e. The van der Waals surface area contributed by atoms with Crippen LogP contribution >= 0.6 is 0 Å². The van der Waals surface area contributed by atoms with Gasteiger partial charge < -0.3 is 56.8 Å². The van der Waals surface area contributed by atoms with Crippen molar-refractivity contribution < 1.29 is 63.8 Å². The Hall–Kier alpha value is -3.95. The first-order valence-electron chi connectivity index (χ1n) is 19.4. The third-order valence-corrected chi connectivity index (χ3v) is 10.0. The van der Waals surface area contributed by atoms with Crippen molar-refractivity contribution in [3.8, 4) is 0 Å². The highest BCUT2D eigenvalue weighted by atomic mass is 16.5. The molecule has 0 aromatic heterocycles. The average Bonchev–Trinajstić information content (AvgIpc) is 3.15. The molecular formula is C34H61N11O13. The van der Waals surface area contributed by atoms with Crippen molar-refractivity contribution in [3.63, 3.8) is 0 Å². The Morgan fingerprint density at radius 3 is 1.69 bits per heavy atom. The first-order valence-corrected chi connectivity index (χ1v) is 19.4. The van der Waals surface area contributed by atoms with E-state index in [-0.39, 0.29) is 102 Å². The highest BCUT2D eigenvalue weighted by Gasteiger charge is 2.41. The second-order valence-corrected chi connectivity index (χ2v) is 14.5. The number of hydrogen-bond donors (Lipinski definition) is 13. The Labute approximate surface area is 336 Å². The molecule has 1 saturated carbocycles. The zero-order chi connectivity index (χ0) is 42.6. The number of hydrogen-bond acceptors (Lipinski definition) is 18. The van der Waals surface area contributed by atoms with Gasteiger partial charge in [0.05, 0.1) is 77.4 Å². The Bertz CT molecular complexity index is 1360. The summed E-state index contributed by atoms with van der Waals surface area (Å²) >= 11 is 0. The SMILES string of the molecule is N=C(C1CCC(C(=O)NCCOCCOCCNC(=O)CN(CCN(CCN(CC(=O)O)CC(=O)O)CC(=O)O)CC(=O)O)CC1)C1CNC2NC(N)NC(O)C2N1. The maximum atomic E-state index is 12.7. The lowest BCUT2D eigenvalue weighted by atomic mass is 9.77. The van der Waals surface area contributed by atoms with E-state index in [1.165, 1.54) is 9.80 Å². The first-order chi connectivity index (χ1) is 27.6. The molecule has 2 saturated heterocycles. The van der Waals surface area contributed by atoms with E-state index in [1.807, 2.05) is 0 Å². The van der Waals surface area contributed by atoms with E-state index in [9.17, 15) is 44.1 Å². The smallest absolute Gasteiger partial charge is 0.317 e. The summed E-state index contributed by atoms with van der Waals surface area (Å²) in [5.74, 6) is -5.51. The number of fused-ring (bicyclic) bond motifs is 1. The molecule has 330 valence electrons. The molecule has 14 N–H and O–H groups in total. The standard InChI is InChI=1S/C34H61N11O13/c35-29(23-15-39-31-30(40-23)33(56)42-34(36)41-31)21-1-3-22(4-2-21)32(55)38-6-12-58-14-13-57-11-5-37-24(46)16-44(18-26(49)50)9-7-43(17-25(47)48)8-10-45(19-27(51)52)20-28(53)54/h21-23,30-31,33-35,39-42,56H,1-20,36H2,(H,37,46)(H,38,55)(H,47,48)(H,49,50)(H,51,52)(H,53,54). The number of nitrogens with two attached hydrogens (primary N) is 1. The van der Waals surface area contributed by atoms with Gasteiger partial charge in [-0.15, -0.1) is 0 Å². The van der Waals surface area contributed by atoms with Crippen LogP contribution < -0.4 is 37.6 Å². The molecular weight excluding hydrogens is 770 g/mol. The van der Waals surface area contributed by atoms with Crippen molar-refractivity contribution in [1.29, 1.82) is 5.41 Å². The second-order valence-electron chi connectivity index (χ2n) is 14.5. The summed E-state index contributed by atoms with van der Waals surface area (Å²) in [6.45, 7) is -0.556. The summed E-state index contributed by atoms with van der Waals surface area (Å²) in [5.41, 5.74) is 6.41. The van der Waals surface area contributed by atoms with E-state index in [2.05, 4.69) is 31.9 Å². The summed E-state index contributed by atoms with van der Waals surface area (Å²) in [6, 6.07) is -0.569. The van der Waals surface area contributed by atoms with Crippen molar-refractivity contribution in [2.75, 3.05) is 105 Å². The Kier molecular flexibility index (Phi) is 21.3. The monoisotopic (exact) mass is 831 g/mol. The van der Waals surface area contributed by atoms with Gasteiger partial charge in [0.25, 0.3) is 0 Å². The van der Waals surface area contributed by atoms with Crippen molar-refractivity contribution in [1.82, 2.24) is 46.6 Å². The summed E-state index contributed by atoms with van der Waals surface area (Å²) in [5, 5.41) is 74.0. The fourth-order valence-corrected chi connectivity index (χ4v) is 7.14. The molecule has 0 radical (unpaired) electrons. The maximum absolute atomic E-state index is 12.7. The maximum Gasteiger partial charge on any atom is 0.317 e. The molecule has 24 heteroatoms. The van der Waals surface area contributed by atoms with Crippen LogP contribution in [0.5, 0.6) is 0 Å². The number of nitrogens with zero attached hydrogens (tertiary/aromatic N) is 3. The van der Waals surface area contributed by atoms with Gasteiger partial charge in [-0.2, -0.15) is 0 Å². The lowest BCUT2D eigenvalue weighted by Crippen LogP contribution is -2.80. The molecule has 3 rings (SSSR count). The van der Waals surface area contributed by atoms with E-state index in [4.69, 9.17) is 30.8 Å². The Balaban J connectivity index is 1.23. The number of aliphatic hydroxyl groups excluding tert-OH is 1. The van der Waals surface area contributed by atoms with Crippen molar-refractivity contribution >= 4 is 41.4 Å². The molecule has 2 heterocycles. The molecule has 3 fully saturated rings. The lowest BCUT2D eigenvalue weighted by Gasteiger charge is -2.47. The van der Waals surface area contributed by atoms with E-state index in [0.717, 1.165) is 17.7 Å². The topological polar surface area (TPSA) is 354 Å². The van der Waals surface area contributed by atoms with E-state index in [0.29, 0.717) is 31.6 Å². The quantitative estimate of drug-likeness (QED) is 0.0258. The van der Waals surface area contributed by atoms with Crippen molar-refractivity contribution in [2.45, 2.75) is 56.5 Å². The average molecular weight is 832 g/mol. The van der Waals surface area contributed by atoms with E-state index < -0.39 is 68.5 Å². The van der Waals surface area contributed by atoms with Crippen LogP contribution in [0.3, 0.4) is 0 Å². The minimum Gasteiger partial charge on any atom is -0.480 e. The number of carboxylic acids is 4. The molecule has 3 aliphatic rings. The molecule has 0 bridgehead atoms. The minimum absolute atomic E-state index is 0.00896. The number of carbonyl (C=O) groups excluding carboxylic acids is 2. The van der Waals surface area contributed by atoms with E-state index in [1.54, 1.807) is 0 Å². The third kappa shape index (κ3) is 18.3. The van der Waals surface area contributed by atoms with Crippen LogP contribution in [0.4, 0.5) is 0 Å². The molecule has 58 heavy (non-hydrogen) atoms. The number of carboxylic acid groups (broad SMARTS) is 4. The van der Waals surface area contributed by atoms with Crippen LogP contribution in [0.2, 0.25) is 0 Å². The van der Waals surface area contributed by atoms with Crippen molar-refractivity contribution in [2.24, 2.45) is 17.6 Å². The number of amides is 2. The number of aliphatic hydroxyl groups is 1. The first kappa shape index (κ1) is 48.4. The number of nitrogens with one attached hydrogen (secondary N) is 7. The van der Waals surface area contributed by atoms with Gasteiger partial charge in [0.2, 0.25) is 11.8 Å². The second kappa shape index (κ2) is 25.5. The van der Waals surface area contributed by atoms with Crippen LogP contribution in [-0.2, 0) is 38.2 Å². The van der Waals surface area contributed by atoms with Crippen LogP contribution in [0.1, 0.15) is 25.7 Å². The van der Waals surface area contributed by atoms with E-state index >= 15 is 0 Å². The summed E-state index contributed by atoms with van der Waals surface area (Å²) < 4.78 is 11.0. The van der Waals surface area contributed by atoms with Gasteiger partial charge in [-0.05, 0) is 31.6 Å². The zero-order valence-corrected chi connectivity index (χ0v) is 32.6. The molecule has 2 aliphatic heterocycles. The molecule has 5 unspecified atom stereocenters. The normalized spacial score (nSPS) is 24.6. The predicted octanol–water partition coefficient (Wildman–Crippen LogP) is -5.67. The van der Waals surface area contributed by atoms with Gasteiger partial charge in [0.1, 0.15) is 12.5 Å². The van der Waals surface area contributed by atoms with Crippen LogP contribution in [0, 0.1) is 17.2 Å². The molecule has 0 aromatic rings. The summed E-state index contributed by atoms with van der Waals surface area (Å²) in [7, 11) is 0. The third-order valence-electron chi connectivity index (χ3n) is 10.0. The van der Waals surface area contributed by atoms with Gasteiger partial charge in [0, 0.05) is 57.4 Å². The number of aliphatic carboxylic acids is 4. The molecule has 0 spiro atoms. The molecule has 24 nitrogen and oxygen atoms in total. The molecule has 2 amide bonds. The minimum atomic E-state index is -1.25. The highest BCUT2D eigenvalue weighted by Crippen LogP contribution is 2.31. The molecule has 0 aromatic carbocycles. The molecule has 5 atom stereocenters. The Morgan fingerprint density at radius 2 is 1.14 bits per heavy atom. The summed E-state index contributed by atoms with van der Waals surface area (Å²) in [6.07, 6.45) is 1.21. The summed E-state index contributed by atoms with van der Waals surface area (Å²) in [4.78, 5) is 74.0. The number of ether oxygens (including phenoxy) is 2.